The van der Waals surface area contributed by atoms with Gasteiger partial charge in [-0.25, -0.2) is 0 Å². The number of halogens is 8. The molecule has 172 valence electrons. The van der Waals surface area contributed by atoms with Crippen molar-refractivity contribution in [1.29, 1.82) is 0 Å². The standard InChI is InChI=1S/C20H13N2O.2BF4/c23-20-18-6-2-4-10-22(18)12-15-8-7-14-11-16-5-1-3-9-21(16)13-17(14)19(15)20;2*2-1(3,4)5/h1-13H;;/q+1;2*-1/p+1. The van der Waals surface area contributed by atoms with E-state index in [1.54, 1.807) is 0 Å². The summed E-state index contributed by atoms with van der Waals surface area (Å²) in [4.78, 5) is 0. The highest BCUT2D eigenvalue weighted by molar-refractivity contribution is 6.50. The van der Waals surface area contributed by atoms with Crippen LogP contribution in [0.5, 0.6) is 5.75 Å². The Hall–Kier alpha value is -3.63. The number of aromatic nitrogens is 2. The Morgan fingerprint density at radius 3 is 1.82 bits per heavy atom. The Bertz CT molecular complexity index is 1420. The van der Waals surface area contributed by atoms with Gasteiger partial charge in [0.15, 0.2) is 30.5 Å². The van der Waals surface area contributed by atoms with Crippen molar-refractivity contribution in [2.45, 2.75) is 0 Å². The summed E-state index contributed by atoms with van der Waals surface area (Å²) in [6, 6.07) is 18.3. The molecule has 5 aromatic rings. The lowest BCUT2D eigenvalue weighted by Crippen LogP contribution is -2.21. The molecule has 0 atom stereocenters. The summed E-state index contributed by atoms with van der Waals surface area (Å²) >= 11 is 0. The van der Waals surface area contributed by atoms with E-state index < -0.39 is 14.5 Å². The van der Waals surface area contributed by atoms with Crippen LogP contribution in [0.15, 0.2) is 79.4 Å². The van der Waals surface area contributed by atoms with Gasteiger partial charge in [0.25, 0.3) is 5.52 Å². The molecule has 1 aromatic carbocycles. The minimum Gasteiger partial charge on any atom is -0.502 e. The lowest BCUT2D eigenvalue weighted by atomic mass is 10.0. The normalized spacial score (nSPS) is 11.8. The maximum absolute atomic E-state index is 10.9. The van der Waals surface area contributed by atoms with Gasteiger partial charge >= 0.3 is 14.5 Å². The molecule has 0 spiro atoms. The predicted molar refractivity (Wildman–Crippen MR) is 110 cm³/mol. The molecular formula is C20H14B2F8N2O. The van der Waals surface area contributed by atoms with Crippen molar-refractivity contribution in [3.05, 3.63) is 79.4 Å². The number of rotatable bonds is 0. The number of aromatic hydroxyl groups is 1. The van der Waals surface area contributed by atoms with E-state index in [9.17, 15) is 39.6 Å². The van der Waals surface area contributed by atoms with Crippen molar-refractivity contribution in [3.8, 4) is 5.75 Å². The second-order valence-corrected chi connectivity index (χ2v) is 6.80. The van der Waals surface area contributed by atoms with Crippen molar-refractivity contribution >= 4 is 47.1 Å². The maximum atomic E-state index is 10.9. The predicted octanol–water partition coefficient (Wildman–Crippen LogP) is 5.78. The molecule has 5 rings (SSSR count). The number of benzene rings is 1. The Balaban J connectivity index is 0.000000261. The average Bonchev–Trinajstić information content (AvgIpc) is 2.70. The third-order valence-electron chi connectivity index (χ3n) is 4.45. The van der Waals surface area contributed by atoms with Crippen molar-refractivity contribution in [2.24, 2.45) is 0 Å². The molecule has 0 amide bonds. The summed E-state index contributed by atoms with van der Waals surface area (Å²) < 4.78 is 82.0. The van der Waals surface area contributed by atoms with Crippen LogP contribution in [0.3, 0.4) is 0 Å². The van der Waals surface area contributed by atoms with E-state index >= 15 is 0 Å². The molecule has 0 saturated heterocycles. The van der Waals surface area contributed by atoms with Crippen molar-refractivity contribution in [3.63, 3.8) is 0 Å². The molecule has 4 aromatic heterocycles. The Labute approximate surface area is 181 Å². The first-order valence-corrected chi connectivity index (χ1v) is 9.34. The number of hydrogen-bond donors (Lipinski definition) is 1. The van der Waals surface area contributed by atoms with Gasteiger partial charge in [0.1, 0.15) is 0 Å². The summed E-state index contributed by atoms with van der Waals surface area (Å²) in [6.07, 6.45) is 8.13. The van der Waals surface area contributed by atoms with Crippen molar-refractivity contribution < 1.29 is 48.4 Å². The summed E-state index contributed by atoms with van der Waals surface area (Å²) in [5.41, 5.74) is 1.94. The highest BCUT2D eigenvalue weighted by Crippen LogP contribution is 2.33. The van der Waals surface area contributed by atoms with E-state index in [1.807, 2.05) is 47.1 Å². The van der Waals surface area contributed by atoms with Crippen LogP contribution in [0, 0.1) is 0 Å². The van der Waals surface area contributed by atoms with Gasteiger partial charge < -0.3 is 39.6 Å². The second-order valence-electron chi connectivity index (χ2n) is 6.80. The molecule has 0 radical (unpaired) electrons. The fraction of sp³-hybridized carbons (Fsp3) is 0. The van der Waals surface area contributed by atoms with Crippen LogP contribution in [-0.4, -0.2) is 19.6 Å². The van der Waals surface area contributed by atoms with Gasteiger partial charge in [-0.3, -0.25) is 0 Å². The Kier molecular flexibility index (Phi) is 6.61. The quantitative estimate of drug-likeness (QED) is 0.100. The van der Waals surface area contributed by atoms with Crippen LogP contribution in [0.2, 0.25) is 0 Å². The lowest BCUT2D eigenvalue weighted by molar-refractivity contribution is -0.510. The number of fused-ring (bicyclic) bond motifs is 5. The van der Waals surface area contributed by atoms with Crippen LogP contribution >= 0.6 is 0 Å². The van der Waals surface area contributed by atoms with Gasteiger partial charge in [0, 0.05) is 30.3 Å². The van der Waals surface area contributed by atoms with Crippen LogP contribution in [-0.2, 0) is 0 Å². The first-order valence-electron chi connectivity index (χ1n) is 9.34. The Morgan fingerprint density at radius 2 is 1.18 bits per heavy atom. The monoisotopic (exact) mass is 472 g/mol. The first-order chi connectivity index (χ1) is 15.3. The van der Waals surface area contributed by atoms with E-state index in [-0.39, 0.29) is 0 Å². The summed E-state index contributed by atoms with van der Waals surface area (Å²) in [5.74, 6) is 0.324. The number of pyridine rings is 4. The van der Waals surface area contributed by atoms with Gasteiger partial charge in [0.05, 0.1) is 16.2 Å². The topological polar surface area (TPSA) is 28.4 Å². The van der Waals surface area contributed by atoms with Gasteiger partial charge in [0.2, 0.25) is 5.52 Å². The molecule has 0 aliphatic carbocycles. The van der Waals surface area contributed by atoms with E-state index in [4.69, 9.17) is 0 Å². The van der Waals surface area contributed by atoms with E-state index in [1.165, 1.54) is 0 Å². The Morgan fingerprint density at radius 1 is 0.636 bits per heavy atom. The molecule has 0 saturated carbocycles. The second kappa shape index (κ2) is 9.08. The molecule has 33 heavy (non-hydrogen) atoms. The molecule has 0 fully saturated rings. The summed E-state index contributed by atoms with van der Waals surface area (Å²) in [5, 5.41) is 14.9. The fourth-order valence-electron chi connectivity index (χ4n) is 3.34. The lowest BCUT2D eigenvalue weighted by Gasteiger charge is -2.04. The van der Waals surface area contributed by atoms with E-state index in [0.29, 0.717) is 5.75 Å². The van der Waals surface area contributed by atoms with E-state index in [0.717, 1.165) is 32.6 Å². The first kappa shape index (κ1) is 24.0. The van der Waals surface area contributed by atoms with Crippen LogP contribution < -0.4 is 8.80 Å². The zero-order valence-corrected chi connectivity index (χ0v) is 16.5. The smallest absolute Gasteiger partial charge is 0.502 e. The molecular weight excluding hydrogens is 458 g/mol. The zero-order chi connectivity index (χ0) is 24.4. The van der Waals surface area contributed by atoms with Crippen molar-refractivity contribution in [2.75, 3.05) is 0 Å². The van der Waals surface area contributed by atoms with Gasteiger partial charge in [-0.05, 0) is 23.6 Å². The van der Waals surface area contributed by atoms with E-state index in [2.05, 4.69) is 41.1 Å². The zero-order valence-electron chi connectivity index (χ0n) is 16.5. The molecule has 13 heteroatoms. The molecule has 0 aliphatic rings. The molecule has 3 nitrogen and oxygen atoms in total. The fourth-order valence-corrected chi connectivity index (χ4v) is 3.34. The summed E-state index contributed by atoms with van der Waals surface area (Å²) in [6.45, 7) is 0. The maximum Gasteiger partial charge on any atom is 0.673 e. The third kappa shape index (κ3) is 6.43. The number of hydrogen-bond acceptors (Lipinski definition) is 1. The highest BCUT2D eigenvalue weighted by Gasteiger charge is 2.21. The van der Waals surface area contributed by atoms with Crippen LogP contribution in [0.1, 0.15) is 0 Å². The molecule has 0 unspecified atom stereocenters. The van der Waals surface area contributed by atoms with Crippen LogP contribution in [0.4, 0.5) is 34.5 Å². The average molecular weight is 472 g/mol. The van der Waals surface area contributed by atoms with Crippen molar-refractivity contribution in [1.82, 2.24) is 0 Å². The highest BCUT2D eigenvalue weighted by atomic mass is 19.5. The van der Waals surface area contributed by atoms with Gasteiger partial charge in [-0.1, -0.05) is 6.07 Å². The SMILES string of the molecule is F[B-](F)(F)F.F[B-](F)(F)F.Oc1c2c(ccc3cc4cccc[n+]4cc32)c[n+]2ccccc12. The minimum atomic E-state index is -6.00. The molecule has 0 aliphatic heterocycles. The van der Waals surface area contributed by atoms with Gasteiger partial charge in [-0.15, -0.1) is 0 Å². The summed E-state index contributed by atoms with van der Waals surface area (Å²) in [7, 11) is -12.0. The number of nitrogens with zero attached hydrogens (tertiary/aromatic N) is 2. The van der Waals surface area contributed by atoms with Crippen LogP contribution in [0.25, 0.3) is 32.6 Å². The molecule has 0 bridgehead atoms. The molecule has 1 N–H and O–H groups in total. The largest absolute Gasteiger partial charge is 0.673 e. The molecule has 4 heterocycles. The van der Waals surface area contributed by atoms with Gasteiger partial charge in [-0.2, -0.15) is 8.80 Å². The minimum absolute atomic E-state index is 0.324. The third-order valence-corrected chi connectivity index (χ3v) is 4.45.